The molecule has 1 aromatic carbocycles. The van der Waals surface area contributed by atoms with Gasteiger partial charge in [0.05, 0.1) is 6.26 Å². The minimum Gasteiger partial charge on any atom is -0.325 e. The first-order valence-electron chi connectivity index (χ1n) is 5.81. The van der Waals surface area contributed by atoms with Crippen LogP contribution in [0, 0.1) is 0 Å². The Balaban J connectivity index is 2.10. The molecule has 1 saturated heterocycles. The summed E-state index contributed by atoms with van der Waals surface area (Å²) >= 11 is 0. The van der Waals surface area contributed by atoms with Gasteiger partial charge in [-0.15, -0.1) is 0 Å². The van der Waals surface area contributed by atoms with Crippen LogP contribution in [0.4, 0.5) is 5.69 Å². The molecule has 1 atom stereocenters. The second kappa shape index (κ2) is 5.07. The van der Waals surface area contributed by atoms with E-state index in [0.717, 1.165) is 12.7 Å². The molecule has 1 aromatic rings. The lowest BCUT2D eigenvalue weighted by molar-refractivity contribution is -0.119. The van der Waals surface area contributed by atoms with Gasteiger partial charge in [0.2, 0.25) is 15.9 Å². The third kappa shape index (κ3) is 2.88. The summed E-state index contributed by atoms with van der Waals surface area (Å²) in [6, 6.07) is 8.46. The van der Waals surface area contributed by atoms with Crippen LogP contribution in [-0.4, -0.2) is 37.5 Å². The highest BCUT2D eigenvalue weighted by Gasteiger charge is 2.36. The first-order chi connectivity index (χ1) is 8.48. The van der Waals surface area contributed by atoms with Gasteiger partial charge in [0.15, 0.2) is 0 Å². The quantitative estimate of drug-likeness (QED) is 0.891. The second-order valence-electron chi connectivity index (χ2n) is 4.39. The van der Waals surface area contributed by atoms with Crippen molar-refractivity contribution in [2.24, 2.45) is 0 Å². The third-order valence-electron chi connectivity index (χ3n) is 2.97. The van der Waals surface area contributed by atoms with Crippen molar-refractivity contribution in [3.63, 3.8) is 0 Å². The highest BCUT2D eigenvalue weighted by Crippen LogP contribution is 2.21. The van der Waals surface area contributed by atoms with Crippen LogP contribution in [0.3, 0.4) is 0 Å². The molecule has 0 saturated carbocycles. The summed E-state index contributed by atoms with van der Waals surface area (Å²) in [7, 11) is -3.32. The molecule has 0 aliphatic carbocycles. The number of benzene rings is 1. The molecule has 18 heavy (non-hydrogen) atoms. The molecule has 0 radical (unpaired) electrons. The van der Waals surface area contributed by atoms with Crippen LogP contribution in [0.15, 0.2) is 30.3 Å². The zero-order chi connectivity index (χ0) is 13.2. The minimum absolute atomic E-state index is 0.260. The molecule has 0 spiro atoms. The zero-order valence-electron chi connectivity index (χ0n) is 10.2. The Morgan fingerprint density at radius 3 is 2.61 bits per heavy atom. The van der Waals surface area contributed by atoms with Crippen molar-refractivity contribution in [2.75, 3.05) is 18.1 Å². The maximum Gasteiger partial charge on any atom is 0.242 e. The number of anilines is 1. The van der Waals surface area contributed by atoms with Gasteiger partial charge >= 0.3 is 0 Å². The molecule has 0 unspecified atom stereocenters. The normalized spacial score (nSPS) is 20.8. The average molecular weight is 268 g/mol. The number of rotatable bonds is 3. The highest BCUT2D eigenvalue weighted by atomic mass is 32.2. The summed E-state index contributed by atoms with van der Waals surface area (Å²) in [6.07, 6.45) is 2.44. The van der Waals surface area contributed by atoms with Gasteiger partial charge in [0, 0.05) is 12.2 Å². The Kier molecular flexibility index (Phi) is 3.68. The first kappa shape index (κ1) is 13.0. The molecule has 1 aliphatic heterocycles. The van der Waals surface area contributed by atoms with E-state index in [1.807, 2.05) is 18.2 Å². The summed E-state index contributed by atoms with van der Waals surface area (Å²) in [5, 5.41) is 2.74. The lowest BCUT2D eigenvalue weighted by Gasteiger charge is -2.21. The second-order valence-corrected chi connectivity index (χ2v) is 6.32. The molecule has 2 rings (SSSR count). The van der Waals surface area contributed by atoms with E-state index in [0.29, 0.717) is 18.7 Å². The fourth-order valence-corrected chi connectivity index (χ4v) is 3.27. The van der Waals surface area contributed by atoms with E-state index in [2.05, 4.69) is 5.32 Å². The maximum absolute atomic E-state index is 12.1. The van der Waals surface area contributed by atoms with Crippen molar-refractivity contribution in [3.8, 4) is 0 Å². The number of carbonyl (C=O) groups excluding carboxylic acids is 1. The van der Waals surface area contributed by atoms with E-state index in [9.17, 15) is 13.2 Å². The van der Waals surface area contributed by atoms with Gasteiger partial charge < -0.3 is 5.32 Å². The smallest absolute Gasteiger partial charge is 0.242 e. The minimum atomic E-state index is -3.32. The van der Waals surface area contributed by atoms with Crippen molar-refractivity contribution < 1.29 is 13.2 Å². The number of hydrogen-bond acceptors (Lipinski definition) is 3. The van der Waals surface area contributed by atoms with Crippen LogP contribution >= 0.6 is 0 Å². The summed E-state index contributed by atoms with van der Waals surface area (Å²) < 4.78 is 24.4. The number of carbonyl (C=O) groups is 1. The van der Waals surface area contributed by atoms with E-state index in [-0.39, 0.29) is 5.91 Å². The Hall–Kier alpha value is -1.40. The van der Waals surface area contributed by atoms with Crippen LogP contribution in [0.5, 0.6) is 0 Å². The predicted molar refractivity (Wildman–Crippen MR) is 69.6 cm³/mol. The average Bonchev–Trinajstić information content (AvgIpc) is 2.79. The van der Waals surface area contributed by atoms with Crippen molar-refractivity contribution in [1.29, 1.82) is 0 Å². The Labute approximate surface area is 107 Å². The molecule has 1 N–H and O–H groups in total. The van der Waals surface area contributed by atoms with E-state index >= 15 is 0 Å². The van der Waals surface area contributed by atoms with Crippen LogP contribution in [-0.2, 0) is 14.8 Å². The SMILES string of the molecule is CS(=O)(=O)N1CCC[C@@H]1C(=O)Nc1ccccc1. The molecular formula is C12H16N2O3S. The zero-order valence-corrected chi connectivity index (χ0v) is 11.0. The molecule has 6 heteroatoms. The number of hydrogen-bond donors (Lipinski definition) is 1. The number of para-hydroxylation sites is 1. The lowest BCUT2D eigenvalue weighted by Crippen LogP contribution is -2.42. The van der Waals surface area contributed by atoms with Gasteiger partial charge in [-0.05, 0) is 25.0 Å². The highest BCUT2D eigenvalue weighted by molar-refractivity contribution is 7.88. The van der Waals surface area contributed by atoms with Crippen molar-refractivity contribution >= 4 is 21.6 Å². The number of sulfonamides is 1. The molecule has 0 bridgehead atoms. The van der Waals surface area contributed by atoms with E-state index < -0.39 is 16.1 Å². The van der Waals surface area contributed by atoms with E-state index in [4.69, 9.17) is 0 Å². The third-order valence-corrected chi connectivity index (χ3v) is 4.26. The molecule has 5 nitrogen and oxygen atoms in total. The Morgan fingerprint density at radius 1 is 1.33 bits per heavy atom. The molecule has 0 aromatic heterocycles. The Morgan fingerprint density at radius 2 is 2.00 bits per heavy atom. The van der Waals surface area contributed by atoms with Gasteiger partial charge in [-0.1, -0.05) is 18.2 Å². The molecule has 98 valence electrons. The number of amides is 1. The van der Waals surface area contributed by atoms with Crippen LogP contribution in [0.25, 0.3) is 0 Å². The summed E-state index contributed by atoms with van der Waals surface area (Å²) in [6.45, 7) is 0.422. The van der Waals surface area contributed by atoms with Crippen LogP contribution < -0.4 is 5.32 Å². The molecule has 1 aliphatic rings. The largest absolute Gasteiger partial charge is 0.325 e. The topological polar surface area (TPSA) is 66.5 Å². The van der Waals surface area contributed by atoms with Crippen molar-refractivity contribution in [1.82, 2.24) is 4.31 Å². The van der Waals surface area contributed by atoms with Crippen LogP contribution in [0.2, 0.25) is 0 Å². The number of nitrogens with one attached hydrogen (secondary N) is 1. The maximum atomic E-state index is 12.1. The fourth-order valence-electron chi connectivity index (χ4n) is 2.15. The van der Waals surface area contributed by atoms with Gasteiger partial charge in [0.25, 0.3) is 0 Å². The van der Waals surface area contributed by atoms with Gasteiger partial charge in [0.1, 0.15) is 6.04 Å². The van der Waals surface area contributed by atoms with Gasteiger partial charge in [-0.3, -0.25) is 4.79 Å². The summed E-state index contributed by atoms with van der Waals surface area (Å²) in [5.74, 6) is -0.260. The van der Waals surface area contributed by atoms with Gasteiger partial charge in [-0.2, -0.15) is 4.31 Å². The monoisotopic (exact) mass is 268 g/mol. The lowest BCUT2D eigenvalue weighted by atomic mass is 10.2. The Bertz CT molecular complexity index is 528. The first-order valence-corrected chi connectivity index (χ1v) is 7.66. The van der Waals surface area contributed by atoms with E-state index in [1.165, 1.54) is 4.31 Å². The predicted octanol–water partition coefficient (Wildman–Crippen LogP) is 1.05. The van der Waals surface area contributed by atoms with Gasteiger partial charge in [-0.25, -0.2) is 8.42 Å². The summed E-state index contributed by atoms with van der Waals surface area (Å²) in [5.41, 5.74) is 0.683. The molecule has 1 amide bonds. The molecular weight excluding hydrogens is 252 g/mol. The molecule has 1 heterocycles. The fraction of sp³-hybridized carbons (Fsp3) is 0.417. The van der Waals surface area contributed by atoms with Crippen LogP contribution in [0.1, 0.15) is 12.8 Å². The molecule has 1 fully saturated rings. The number of nitrogens with zero attached hydrogens (tertiary/aromatic N) is 1. The summed E-state index contributed by atoms with van der Waals surface area (Å²) in [4.78, 5) is 12.1. The standard InChI is InChI=1S/C12H16N2O3S/c1-18(16,17)14-9-5-8-11(14)12(15)13-10-6-3-2-4-7-10/h2-4,6-7,11H,5,8-9H2,1H3,(H,13,15)/t11-/m1/s1. The van der Waals surface area contributed by atoms with E-state index in [1.54, 1.807) is 12.1 Å². The van der Waals surface area contributed by atoms with Crippen molar-refractivity contribution in [3.05, 3.63) is 30.3 Å². The van der Waals surface area contributed by atoms with Crippen molar-refractivity contribution in [2.45, 2.75) is 18.9 Å².